The minimum absolute atomic E-state index is 0. The van der Waals surface area contributed by atoms with E-state index < -0.39 is 17.0 Å². The number of benzene rings is 2. The van der Waals surface area contributed by atoms with Crippen LogP contribution in [0, 0.1) is 6.92 Å². The molecule has 2 aromatic carbocycles. The molecule has 0 saturated heterocycles. The molecule has 1 aliphatic carbocycles. The first-order valence-corrected chi connectivity index (χ1v) is 13.6. The number of nitrogens with zero attached hydrogens (tertiary/aromatic N) is 1. The average Bonchev–Trinajstić information content (AvgIpc) is 2.95. The molecule has 0 bridgehead atoms. The fourth-order valence-electron chi connectivity index (χ4n) is 3.73. The Morgan fingerprint density at radius 1 is 1.07 bits per heavy atom. The molecule has 2 aromatic rings. The third-order valence-corrected chi connectivity index (χ3v) is 5.20. The summed E-state index contributed by atoms with van der Waals surface area (Å²) in [6.07, 6.45) is 7.23. The Kier molecular flexibility index (Phi) is 11.3. The van der Waals surface area contributed by atoms with E-state index in [9.17, 15) is 0 Å². The van der Waals surface area contributed by atoms with Gasteiger partial charge < -0.3 is 11.1 Å². The number of nitrogens with two attached hydrogens (primary N) is 1. The maximum absolute atomic E-state index is 4.89. The summed E-state index contributed by atoms with van der Waals surface area (Å²) in [6, 6.07) is 15.5. The van der Waals surface area contributed by atoms with Crippen LogP contribution in [0.3, 0.4) is 0 Å². The van der Waals surface area contributed by atoms with Gasteiger partial charge in [-0.3, -0.25) is 0 Å². The van der Waals surface area contributed by atoms with Crippen molar-refractivity contribution in [2.24, 2.45) is 0 Å². The molecule has 0 aliphatic heterocycles. The normalized spacial score (nSPS) is 14.2. The Balaban J connectivity index is 0.000000921. The zero-order valence-electron chi connectivity index (χ0n) is 17.0. The number of unbranched alkanes of at least 4 members (excludes halogenated alkanes) is 1. The van der Waals surface area contributed by atoms with Crippen molar-refractivity contribution in [1.82, 2.24) is 0 Å². The summed E-state index contributed by atoms with van der Waals surface area (Å²) in [7, 11) is 13.9. The van der Waals surface area contributed by atoms with Crippen LogP contribution in [-0.4, -0.2) is 14.1 Å². The summed E-state index contributed by atoms with van der Waals surface area (Å²) in [4.78, 5) is 2.13. The van der Waals surface area contributed by atoms with Crippen LogP contribution >= 0.6 is 18.6 Å². The fraction of sp³-hybridized carbons (Fsp3) is 0.348. The van der Waals surface area contributed by atoms with Gasteiger partial charge in [0.25, 0.3) is 0 Å². The predicted octanol–water partition coefficient (Wildman–Crippen LogP) is 7.94. The second-order valence-electron chi connectivity index (χ2n) is 7.23. The summed E-state index contributed by atoms with van der Waals surface area (Å²) in [5.41, 5.74) is 8.24. The van der Waals surface area contributed by atoms with Gasteiger partial charge in [-0.1, -0.05) is 61.2 Å². The quantitative estimate of drug-likeness (QED) is 0.249. The first-order valence-electron chi connectivity index (χ1n) is 9.33. The van der Waals surface area contributed by atoms with Gasteiger partial charge in [0, 0.05) is 20.0 Å². The van der Waals surface area contributed by atoms with Crippen LogP contribution in [0.25, 0.3) is 12.2 Å². The zero-order valence-corrected chi connectivity index (χ0v) is 20.1. The smallest absolute Gasteiger partial charge is 0.693 e. The molecule has 152 valence electrons. The Morgan fingerprint density at radius 3 is 2.39 bits per heavy atom. The Bertz CT molecular complexity index is 775. The second-order valence-corrected chi connectivity index (χ2v) is 9.81. The van der Waals surface area contributed by atoms with Crippen LogP contribution < -0.4 is 4.90 Å². The van der Waals surface area contributed by atoms with E-state index in [1.807, 2.05) is 0 Å². The van der Waals surface area contributed by atoms with Gasteiger partial charge in [0.2, 0.25) is 0 Å². The molecule has 3 rings (SSSR count). The van der Waals surface area contributed by atoms with Crippen LogP contribution in [0.1, 0.15) is 54.4 Å². The maximum Gasteiger partial charge on any atom is -0.693 e. The number of hydrogen-bond donors (Lipinski definition) is 0. The molecule has 1 aliphatic rings. The minimum atomic E-state index is -0.556. The Hall–Kier alpha value is -0.896. The van der Waals surface area contributed by atoms with E-state index in [0.29, 0.717) is 5.92 Å². The van der Waals surface area contributed by atoms with E-state index in [1.54, 1.807) is 0 Å². The standard InChI is InChI=1S/C23H28N.2ClH.H2N.Ti/c1-17-16-21(24(3)4)14-13-19(17)9-5-7-11-22-18(2)15-20-10-6-8-12-23(20)22;;;;/h6,8,10,12-16,22H,1,5,7,9,11H2,2-4H3;2*1H;1H2;/q-1;;;-1;+2/p-2. The number of anilines is 1. The van der Waals surface area contributed by atoms with Crippen molar-refractivity contribution >= 4 is 30.4 Å². The van der Waals surface area contributed by atoms with Gasteiger partial charge in [0.15, 0.2) is 0 Å². The van der Waals surface area contributed by atoms with Gasteiger partial charge in [-0.25, -0.2) is 0 Å². The van der Waals surface area contributed by atoms with E-state index >= 15 is 0 Å². The van der Waals surface area contributed by atoms with Gasteiger partial charge in [-0.2, -0.15) is 12.5 Å². The van der Waals surface area contributed by atoms with Crippen molar-refractivity contribution in [3.63, 3.8) is 0 Å². The van der Waals surface area contributed by atoms with Crippen LogP contribution in [-0.2, 0) is 23.5 Å². The molecule has 28 heavy (non-hydrogen) atoms. The predicted molar refractivity (Wildman–Crippen MR) is 123 cm³/mol. The van der Waals surface area contributed by atoms with Crippen LogP contribution in [0.5, 0.6) is 0 Å². The average molecular weight is 453 g/mol. The van der Waals surface area contributed by atoms with Crippen molar-refractivity contribution in [2.75, 3.05) is 19.0 Å². The summed E-state index contributed by atoms with van der Waals surface area (Å²) in [6.45, 7) is 6.50. The topological polar surface area (TPSA) is 36.7 Å². The van der Waals surface area contributed by atoms with E-state index in [4.69, 9.17) is 18.6 Å². The summed E-state index contributed by atoms with van der Waals surface area (Å²) in [5, 5.41) is 0. The van der Waals surface area contributed by atoms with E-state index in [0.717, 1.165) is 6.42 Å². The molecule has 0 amide bonds. The first kappa shape index (κ1) is 25.1. The number of hydrogen-bond acceptors (Lipinski definition) is 1. The number of fused-ring (bicyclic) bond motifs is 1. The summed E-state index contributed by atoms with van der Waals surface area (Å²) in [5.74, 6) is 0.622. The van der Waals surface area contributed by atoms with Crippen molar-refractivity contribution in [2.45, 2.75) is 38.5 Å². The van der Waals surface area contributed by atoms with Crippen LogP contribution in [0.2, 0.25) is 0 Å². The molecule has 0 heterocycles. The second kappa shape index (κ2) is 12.6. The van der Waals surface area contributed by atoms with Gasteiger partial charge in [0.05, 0.1) is 0 Å². The van der Waals surface area contributed by atoms with Gasteiger partial charge in [0.1, 0.15) is 0 Å². The molecular weight excluding hydrogens is 423 g/mol. The molecule has 0 spiro atoms. The first-order chi connectivity index (χ1) is 13.0. The number of allylic oxidation sites excluding steroid dienone is 1. The number of aryl methyl sites for hydroxylation is 1. The SMILES string of the molecule is [CH2-]c1cc(N(C)C)ccc1CCCCC1C(C)=Cc2ccccc21.[Cl][Ti][Cl].[NH2-]. The third kappa shape index (κ3) is 6.86. The van der Waals surface area contributed by atoms with Crippen molar-refractivity contribution in [3.05, 3.63) is 83.4 Å². The molecular formula is C23H30Cl2N2Ti-2. The molecule has 1 unspecified atom stereocenters. The number of rotatable bonds is 6. The van der Waals surface area contributed by atoms with Crippen LogP contribution in [0.15, 0.2) is 48.0 Å². The van der Waals surface area contributed by atoms with Crippen molar-refractivity contribution < 1.29 is 17.0 Å². The number of halogens is 2. The zero-order chi connectivity index (χ0) is 19.8. The molecule has 0 fully saturated rings. The largest absolute Gasteiger partial charge is 0.693 e. The third-order valence-electron chi connectivity index (χ3n) is 5.20. The molecule has 5 heteroatoms. The molecule has 2 N–H and O–H groups in total. The molecule has 1 atom stereocenters. The van der Waals surface area contributed by atoms with E-state index in [2.05, 4.69) is 81.4 Å². The van der Waals surface area contributed by atoms with E-state index in [-0.39, 0.29) is 6.15 Å². The van der Waals surface area contributed by atoms with Gasteiger partial charge >= 0.3 is 35.6 Å². The summed E-state index contributed by atoms with van der Waals surface area (Å²) >= 11 is -0.556. The molecule has 0 aromatic heterocycles. The van der Waals surface area contributed by atoms with Crippen molar-refractivity contribution in [3.8, 4) is 0 Å². The van der Waals surface area contributed by atoms with Crippen molar-refractivity contribution in [1.29, 1.82) is 0 Å². The molecule has 0 saturated carbocycles. The van der Waals surface area contributed by atoms with Gasteiger partial charge in [-0.15, -0.1) is 17.7 Å². The monoisotopic (exact) mass is 452 g/mol. The van der Waals surface area contributed by atoms with Crippen LogP contribution in [0.4, 0.5) is 5.69 Å². The fourth-order valence-corrected chi connectivity index (χ4v) is 3.73. The summed E-state index contributed by atoms with van der Waals surface area (Å²) < 4.78 is 0. The minimum Gasteiger partial charge on any atom is -0.693 e. The Morgan fingerprint density at radius 2 is 1.75 bits per heavy atom. The Labute approximate surface area is 187 Å². The molecule has 2 nitrogen and oxygen atoms in total. The van der Waals surface area contributed by atoms with E-state index in [1.165, 1.54) is 52.8 Å². The maximum atomic E-state index is 4.89. The molecule has 0 radical (unpaired) electrons. The van der Waals surface area contributed by atoms with Gasteiger partial charge in [-0.05, 0) is 30.2 Å².